The first-order valence-electron chi connectivity index (χ1n) is 7.07. The summed E-state index contributed by atoms with van der Waals surface area (Å²) in [5.74, 6) is -1.01. The quantitative estimate of drug-likeness (QED) is 0.773. The molecule has 5 heteroatoms. The monoisotopic (exact) mass is 266 g/mol. The molecule has 19 heavy (non-hydrogen) atoms. The smallest absolute Gasteiger partial charge is 0.277 e. The molecule has 4 amide bonds. The minimum Gasteiger partial charge on any atom is -0.277 e. The Kier molecular flexibility index (Phi) is 3.65. The summed E-state index contributed by atoms with van der Waals surface area (Å²) in [5.41, 5.74) is 0.0736. The average molecular weight is 266 g/mol. The number of carbonyl (C=O) groups excluding carboxylic acids is 3. The molecule has 5 nitrogen and oxygen atoms in total. The number of hydrogen-bond acceptors (Lipinski definition) is 3. The van der Waals surface area contributed by atoms with E-state index in [-0.39, 0.29) is 11.3 Å². The van der Waals surface area contributed by atoms with Gasteiger partial charge in [0.1, 0.15) is 5.92 Å². The van der Waals surface area contributed by atoms with Crippen LogP contribution in [0.2, 0.25) is 0 Å². The van der Waals surface area contributed by atoms with E-state index in [1.807, 2.05) is 6.92 Å². The Hall–Kier alpha value is -1.39. The van der Waals surface area contributed by atoms with Gasteiger partial charge < -0.3 is 0 Å². The SMILES string of the molecule is CCCC1C(=O)NC(=O)N(CC2(C(C)C)CC2)C1=O. The first-order valence-corrected chi connectivity index (χ1v) is 7.07. The van der Waals surface area contributed by atoms with Crippen LogP contribution in [-0.2, 0) is 9.59 Å². The molecular weight excluding hydrogens is 244 g/mol. The third-order valence-corrected chi connectivity index (χ3v) is 4.52. The second-order valence-electron chi connectivity index (χ2n) is 6.08. The molecule has 2 fully saturated rings. The van der Waals surface area contributed by atoms with Gasteiger partial charge in [-0.05, 0) is 30.6 Å². The van der Waals surface area contributed by atoms with Crippen molar-refractivity contribution in [1.82, 2.24) is 10.2 Å². The van der Waals surface area contributed by atoms with Crippen molar-refractivity contribution in [2.45, 2.75) is 46.5 Å². The predicted molar refractivity (Wildman–Crippen MR) is 70.2 cm³/mol. The Balaban J connectivity index is 2.13. The first kappa shape index (κ1) is 14.0. The summed E-state index contributed by atoms with van der Waals surface area (Å²) in [5, 5.41) is 2.31. The van der Waals surface area contributed by atoms with Crippen LogP contribution in [0, 0.1) is 17.3 Å². The lowest BCUT2D eigenvalue weighted by Crippen LogP contribution is -2.59. The number of nitrogens with one attached hydrogen (secondary N) is 1. The second kappa shape index (κ2) is 4.94. The molecule has 2 rings (SSSR count). The molecule has 1 atom stereocenters. The van der Waals surface area contributed by atoms with E-state index in [2.05, 4.69) is 19.2 Å². The largest absolute Gasteiger partial charge is 0.330 e. The molecule has 1 N–H and O–H groups in total. The molecule has 1 heterocycles. The summed E-state index contributed by atoms with van der Waals surface area (Å²) in [4.78, 5) is 37.1. The van der Waals surface area contributed by atoms with Crippen molar-refractivity contribution in [3.05, 3.63) is 0 Å². The highest BCUT2D eigenvalue weighted by molar-refractivity contribution is 6.16. The van der Waals surface area contributed by atoms with Crippen LogP contribution in [0.25, 0.3) is 0 Å². The fourth-order valence-corrected chi connectivity index (χ4v) is 2.75. The highest BCUT2D eigenvalue weighted by atomic mass is 16.2. The van der Waals surface area contributed by atoms with Crippen molar-refractivity contribution in [3.8, 4) is 0 Å². The number of nitrogens with zero attached hydrogens (tertiary/aromatic N) is 1. The third-order valence-electron chi connectivity index (χ3n) is 4.52. The molecule has 1 saturated heterocycles. The highest BCUT2D eigenvalue weighted by Gasteiger charge is 2.50. The number of hydrogen-bond donors (Lipinski definition) is 1. The molecule has 0 aromatic carbocycles. The maximum atomic E-state index is 12.3. The molecule has 1 aliphatic carbocycles. The summed E-state index contributed by atoms with van der Waals surface area (Å²) in [6.45, 7) is 6.61. The number of urea groups is 1. The van der Waals surface area contributed by atoms with Crippen LogP contribution in [0.15, 0.2) is 0 Å². The fraction of sp³-hybridized carbons (Fsp3) is 0.786. The Bertz CT molecular complexity index is 413. The molecule has 1 unspecified atom stereocenters. The van der Waals surface area contributed by atoms with Crippen molar-refractivity contribution >= 4 is 17.8 Å². The second-order valence-corrected chi connectivity index (χ2v) is 6.08. The van der Waals surface area contributed by atoms with Crippen LogP contribution in [0.4, 0.5) is 4.79 Å². The van der Waals surface area contributed by atoms with Crippen LogP contribution >= 0.6 is 0 Å². The van der Waals surface area contributed by atoms with E-state index in [0.29, 0.717) is 18.9 Å². The van der Waals surface area contributed by atoms with Crippen LogP contribution in [0.1, 0.15) is 46.5 Å². The van der Waals surface area contributed by atoms with E-state index >= 15 is 0 Å². The summed E-state index contributed by atoms with van der Waals surface area (Å²) in [6.07, 6.45) is 3.35. The zero-order valence-electron chi connectivity index (χ0n) is 11.9. The standard InChI is InChI=1S/C14H22N2O3/c1-4-5-10-11(17)15-13(19)16(12(10)18)8-14(6-7-14)9(2)3/h9-10H,4-8H2,1-3H3,(H,15,17,19). The van der Waals surface area contributed by atoms with Crippen LogP contribution < -0.4 is 5.32 Å². The zero-order valence-corrected chi connectivity index (χ0v) is 11.9. The minimum atomic E-state index is -0.689. The minimum absolute atomic E-state index is 0.0736. The Morgan fingerprint density at radius 1 is 1.32 bits per heavy atom. The van der Waals surface area contributed by atoms with E-state index in [4.69, 9.17) is 0 Å². The maximum absolute atomic E-state index is 12.3. The van der Waals surface area contributed by atoms with E-state index in [0.717, 1.165) is 19.3 Å². The van der Waals surface area contributed by atoms with E-state index in [1.165, 1.54) is 4.90 Å². The molecule has 0 aromatic rings. The van der Waals surface area contributed by atoms with E-state index in [9.17, 15) is 14.4 Å². The van der Waals surface area contributed by atoms with Crippen LogP contribution in [0.5, 0.6) is 0 Å². The summed E-state index contributed by atoms with van der Waals surface area (Å²) >= 11 is 0. The van der Waals surface area contributed by atoms with E-state index in [1.54, 1.807) is 0 Å². The van der Waals surface area contributed by atoms with Crippen LogP contribution in [-0.4, -0.2) is 29.3 Å². The number of carbonyl (C=O) groups is 3. The van der Waals surface area contributed by atoms with Gasteiger partial charge in [-0.25, -0.2) is 4.79 Å². The first-order chi connectivity index (χ1) is 8.91. The van der Waals surface area contributed by atoms with Crippen molar-refractivity contribution in [2.24, 2.45) is 17.3 Å². The van der Waals surface area contributed by atoms with Gasteiger partial charge in [-0.15, -0.1) is 0 Å². The Morgan fingerprint density at radius 2 is 1.95 bits per heavy atom. The molecule has 106 valence electrons. The lowest BCUT2D eigenvalue weighted by atomic mass is 9.90. The third kappa shape index (κ3) is 2.51. The van der Waals surface area contributed by atoms with E-state index < -0.39 is 17.9 Å². The molecule has 0 aromatic heterocycles. The molecule has 0 spiro atoms. The number of amides is 4. The number of rotatable bonds is 5. The fourth-order valence-electron chi connectivity index (χ4n) is 2.75. The zero-order chi connectivity index (χ0) is 14.2. The Morgan fingerprint density at radius 3 is 2.42 bits per heavy atom. The van der Waals surface area contributed by atoms with Gasteiger partial charge in [0.25, 0.3) is 0 Å². The van der Waals surface area contributed by atoms with Crippen molar-refractivity contribution in [1.29, 1.82) is 0 Å². The van der Waals surface area contributed by atoms with Crippen LogP contribution in [0.3, 0.4) is 0 Å². The average Bonchev–Trinajstić information content (AvgIpc) is 3.11. The number of imide groups is 2. The highest BCUT2D eigenvalue weighted by Crippen LogP contribution is 2.52. The molecule has 2 aliphatic rings. The lowest BCUT2D eigenvalue weighted by Gasteiger charge is -2.33. The molecule has 0 bridgehead atoms. The van der Waals surface area contributed by atoms with Crippen molar-refractivity contribution in [3.63, 3.8) is 0 Å². The molecule has 0 radical (unpaired) electrons. The van der Waals surface area contributed by atoms with Gasteiger partial charge in [0.05, 0.1) is 0 Å². The lowest BCUT2D eigenvalue weighted by molar-refractivity contribution is -0.143. The molecular formula is C14H22N2O3. The van der Waals surface area contributed by atoms with Gasteiger partial charge in [0, 0.05) is 6.54 Å². The summed E-state index contributed by atoms with van der Waals surface area (Å²) < 4.78 is 0. The van der Waals surface area contributed by atoms with Gasteiger partial charge in [-0.3, -0.25) is 19.8 Å². The van der Waals surface area contributed by atoms with Crippen molar-refractivity contribution in [2.75, 3.05) is 6.54 Å². The molecule has 1 saturated carbocycles. The van der Waals surface area contributed by atoms with Crippen molar-refractivity contribution < 1.29 is 14.4 Å². The van der Waals surface area contributed by atoms with Gasteiger partial charge in [-0.2, -0.15) is 0 Å². The maximum Gasteiger partial charge on any atom is 0.330 e. The normalized spacial score (nSPS) is 25.8. The summed E-state index contributed by atoms with van der Waals surface area (Å²) in [6, 6.07) is -0.547. The molecule has 1 aliphatic heterocycles. The predicted octanol–water partition coefficient (Wildman–Crippen LogP) is 1.92. The van der Waals surface area contributed by atoms with Gasteiger partial charge >= 0.3 is 6.03 Å². The summed E-state index contributed by atoms with van der Waals surface area (Å²) in [7, 11) is 0. The van der Waals surface area contributed by atoms with Gasteiger partial charge in [-0.1, -0.05) is 27.2 Å². The van der Waals surface area contributed by atoms with Gasteiger partial charge in [0.2, 0.25) is 11.8 Å². The Labute approximate surface area is 113 Å². The topological polar surface area (TPSA) is 66.5 Å². The van der Waals surface area contributed by atoms with Gasteiger partial charge in [0.15, 0.2) is 0 Å². The number of barbiturate groups is 1.